The maximum absolute atomic E-state index is 15.3. The summed E-state index contributed by atoms with van der Waals surface area (Å²) in [4.78, 5) is -0.113. The number of hydrogen-bond donors (Lipinski definition) is 1. The van der Waals surface area contributed by atoms with E-state index in [1.807, 2.05) is 6.07 Å². The predicted molar refractivity (Wildman–Crippen MR) is 113 cm³/mol. The zero-order chi connectivity index (χ0) is 23.6. The third kappa shape index (κ3) is 3.19. The molecule has 1 saturated heterocycles. The number of nitrogens with one attached hydrogen (secondary N) is 1. The van der Waals surface area contributed by atoms with E-state index in [0.29, 0.717) is 0 Å². The number of rotatable bonds is 2. The molecule has 0 unspecified atom stereocenters. The Morgan fingerprint density at radius 3 is 2.48 bits per heavy atom. The van der Waals surface area contributed by atoms with Gasteiger partial charge in [-0.1, -0.05) is 0 Å². The average Bonchev–Trinajstić information content (AvgIpc) is 2.79. The van der Waals surface area contributed by atoms with Gasteiger partial charge in [-0.3, -0.25) is 0 Å². The van der Waals surface area contributed by atoms with Crippen molar-refractivity contribution in [1.29, 1.82) is 5.26 Å². The van der Waals surface area contributed by atoms with E-state index in [4.69, 9.17) is 10.00 Å². The largest absolute Gasteiger partial charge is 0.490 e. The van der Waals surface area contributed by atoms with Crippen molar-refractivity contribution in [1.82, 2.24) is 4.72 Å². The monoisotopic (exact) mass is 494 g/mol. The van der Waals surface area contributed by atoms with Crippen LogP contribution in [0, 0.1) is 34.8 Å². The van der Waals surface area contributed by atoms with Gasteiger partial charge in [0, 0.05) is 12.0 Å². The molecule has 174 valence electrons. The molecule has 0 spiro atoms. The molecule has 2 aliphatic heterocycles. The number of sulfonamides is 1. The number of halogens is 2. The van der Waals surface area contributed by atoms with Crippen molar-refractivity contribution in [2.45, 2.75) is 34.9 Å². The summed E-state index contributed by atoms with van der Waals surface area (Å²) < 4.78 is 89.0. The van der Waals surface area contributed by atoms with Crippen LogP contribution in [-0.2, 0) is 24.6 Å². The molecule has 0 bridgehead atoms. The summed E-state index contributed by atoms with van der Waals surface area (Å²) in [7, 11) is -7.80. The molecule has 0 amide bonds. The summed E-state index contributed by atoms with van der Waals surface area (Å²) in [5.41, 5.74) is -0.0759. The Kier molecular flexibility index (Phi) is 5.04. The first-order valence-electron chi connectivity index (χ1n) is 10.5. The smallest absolute Gasteiger partial charge is 0.211 e. The van der Waals surface area contributed by atoms with E-state index in [0.717, 1.165) is 12.1 Å². The quantitative estimate of drug-likeness (QED) is 0.687. The fourth-order valence-electron chi connectivity index (χ4n) is 5.72. The van der Waals surface area contributed by atoms with E-state index in [9.17, 15) is 21.2 Å². The highest BCUT2D eigenvalue weighted by Gasteiger charge is 2.63. The molecule has 33 heavy (non-hydrogen) atoms. The number of sulfone groups is 1. The molecule has 0 radical (unpaired) electrons. The number of fused-ring (bicyclic) bond motifs is 5. The Hall–Kier alpha value is -2.55. The van der Waals surface area contributed by atoms with Crippen LogP contribution >= 0.6 is 0 Å². The topological polar surface area (TPSA) is 113 Å². The number of hydrogen-bond acceptors (Lipinski definition) is 6. The van der Waals surface area contributed by atoms with Crippen molar-refractivity contribution in [3.63, 3.8) is 0 Å². The Balaban J connectivity index is 1.75. The molecule has 1 aliphatic carbocycles. The molecular formula is C22H20F2N2O5S2. The molecule has 4 atom stereocenters. The number of nitriles is 1. The molecule has 1 saturated carbocycles. The minimum absolute atomic E-state index is 0.111. The Labute approximate surface area is 190 Å². The van der Waals surface area contributed by atoms with Crippen molar-refractivity contribution < 1.29 is 30.4 Å². The molecule has 5 rings (SSSR count). The third-order valence-electron chi connectivity index (χ3n) is 7.17. The molecule has 2 aromatic rings. The van der Waals surface area contributed by atoms with Crippen molar-refractivity contribution >= 4 is 19.9 Å². The first kappa shape index (κ1) is 22.3. The fourth-order valence-corrected chi connectivity index (χ4v) is 9.58. The van der Waals surface area contributed by atoms with Crippen LogP contribution in [0.15, 0.2) is 41.3 Å². The minimum atomic E-state index is -4.31. The van der Waals surface area contributed by atoms with Gasteiger partial charge in [-0.2, -0.15) is 5.26 Å². The summed E-state index contributed by atoms with van der Waals surface area (Å²) in [5.74, 6) is -3.59. The lowest BCUT2D eigenvalue weighted by molar-refractivity contribution is 0.0537. The fraction of sp³-hybridized carbons (Fsp3) is 0.409. The van der Waals surface area contributed by atoms with Gasteiger partial charge in [0.05, 0.1) is 34.5 Å². The van der Waals surface area contributed by atoms with Crippen LogP contribution in [0.2, 0.25) is 0 Å². The van der Waals surface area contributed by atoms with Crippen LogP contribution in [0.4, 0.5) is 8.78 Å². The Morgan fingerprint density at radius 1 is 1.09 bits per heavy atom. The van der Waals surface area contributed by atoms with Gasteiger partial charge in [0.15, 0.2) is 21.4 Å². The minimum Gasteiger partial charge on any atom is -0.490 e. The molecule has 1 N–H and O–H groups in total. The highest BCUT2D eigenvalue weighted by Crippen LogP contribution is 2.59. The van der Waals surface area contributed by atoms with Gasteiger partial charge in [0.25, 0.3) is 0 Å². The first-order chi connectivity index (χ1) is 15.6. The van der Waals surface area contributed by atoms with Gasteiger partial charge in [0.2, 0.25) is 10.0 Å². The van der Waals surface area contributed by atoms with Crippen LogP contribution in [0.3, 0.4) is 0 Å². The molecule has 0 aromatic heterocycles. The molecule has 2 aromatic carbocycles. The summed E-state index contributed by atoms with van der Waals surface area (Å²) in [5, 5.41) is 9.07. The van der Waals surface area contributed by atoms with Gasteiger partial charge in [-0.05, 0) is 61.6 Å². The third-order valence-corrected chi connectivity index (χ3v) is 11.2. The number of nitrogens with zero attached hydrogens (tertiary/aromatic N) is 1. The summed E-state index contributed by atoms with van der Waals surface area (Å²) >= 11 is 0. The van der Waals surface area contributed by atoms with E-state index in [1.165, 1.54) is 24.3 Å². The lowest BCUT2D eigenvalue weighted by atomic mass is 9.64. The zero-order valence-electron chi connectivity index (χ0n) is 17.3. The molecule has 11 heteroatoms. The zero-order valence-corrected chi connectivity index (χ0v) is 18.9. The molecular weight excluding hydrogens is 474 g/mol. The maximum atomic E-state index is 15.3. The van der Waals surface area contributed by atoms with Gasteiger partial charge in [-0.15, -0.1) is 0 Å². The van der Waals surface area contributed by atoms with Crippen LogP contribution in [0.1, 0.15) is 30.4 Å². The second-order valence-electron chi connectivity index (χ2n) is 8.71. The highest BCUT2D eigenvalue weighted by atomic mass is 32.2. The van der Waals surface area contributed by atoms with E-state index in [1.54, 1.807) is 0 Å². The summed E-state index contributed by atoms with van der Waals surface area (Å²) in [6, 6.07) is 8.52. The summed E-state index contributed by atoms with van der Waals surface area (Å²) in [6.07, 6.45) is 0.219. The highest BCUT2D eigenvalue weighted by molar-refractivity contribution is 7.92. The SMILES string of the molecule is N#Cc1ccc(S(=O)(=O)[C@@]23CC[C@H]4NS(=O)(=O)CC[C@H]4[C@@H]2COc2c(F)ccc(F)c23)cc1. The van der Waals surface area contributed by atoms with Crippen LogP contribution < -0.4 is 9.46 Å². The Bertz CT molecular complexity index is 1390. The number of ether oxygens (including phenoxy) is 1. The maximum Gasteiger partial charge on any atom is 0.211 e. The van der Waals surface area contributed by atoms with E-state index < -0.39 is 59.9 Å². The van der Waals surface area contributed by atoms with Crippen LogP contribution in [0.25, 0.3) is 0 Å². The molecule has 2 fully saturated rings. The van der Waals surface area contributed by atoms with E-state index >= 15 is 4.39 Å². The second-order valence-corrected chi connectivity index (χ2v) is 12.8. The van der Waals surface area contributed by atoms with Crippen LogP contribution in [0.5, 0.6) is 5.75 Å². The van der Waals surface area contributed by atoms with Crippen molar-refractivity contribution in [3.8, 4) is 11.8 Å². The summed E-state index contributed by atoms with van der Waals surface area (Å²) in [6.45, 7) is -0.189. The van der Waals surface area contributed by atoms with Gasteiger partial charge < -0.3 is 4.74 Å². The lowest BCUT2D eigenvalue weighted by Gasteiger charge is -2.54. The van der Waals surface area contributed by atoms with Gasteiger partial charge >= 0.3 is 0 Å². The second kappa shape index (κ2) is 7.48. The van der Waals surface area contributed by atoms with E-state index in [-0.39, 0.29) is 47.6 Å². The van der Waals surface area contributed by atoms with Crippen molar-refractivity contribution in [2.24, 2.45) is 11.8 Å². The molecule has 3 aliphatic rings. The van der Waals surface area contributed by atoms with E-state index in [2.05, 4.69) is 4.72 Å². The van der Waals surface area contributed by atoms with Crippen LogP contribution in [-0.4, -0.2) is 35.2 Å². The Morgan fingerprint density at radius 2 is 1.79 bits per heavy atom. The normalized spacial score (nSPS) is 30.2. The first-order valence-corrected chi connectivity index (χ1v) is 13.6. The number of benzene rings is 2. The molecule has 2 heterocycles. The molecule has 7 nitrogen and oxygen atoms in total. The lowest BCUT2D eigenvalue weighted by Crippen LogP contribution is -2.62. The predicted octanol–water partition coefficient (Wildman–Crippen LogP) is 2.62. The average molecular weight is 495 g/mol. The van der Waals surface area contributed by atoms with Crippen molar-refractivity contribution in [2.75, 3.05) is 12.4 Å². The van der Waals surface area contributed by atoms with Gasteiger partial charge in [-0.25, -0.2) is 30.3 Å². The van der Waals surface area contributed by atoms with Crippen molar-refractivity contribution in [3.05, 3.63) is 59.2 Å². The van der Waals surface area contributed by atoms with Gasteiger partial charge in [0.1, 0.15) is 10.6 Å². The standard InChI is InChI=1S/C22H20F2N2O5S2/c23-17-5-6-18(24)21-20(17)22(33(29,30)14-3-1-13(11-25)2-4-14)9-7-19-15(16(22)12-31-21)8-10-32(27,28)26-19/h1-6,15-16,19,26H,7-10,12H2/t15-,16-,19+,22-/m0/s1.